The molecule has 0 saturated heterocycles. The Morgan fingerprint density at radius 1 is 1.22 bits per heavy atom. The first-order valence-electron chi connectivity index (χ1n) is 6.66. The van der Waals surface area contributed by atoms with Gasteiger partial charge in [-0.1, -0.05) is 38.3 Å². The van der Waals surface area contributed by atoms with Crippen molar-refractivity contribution in [1.82, 2.24) is 5.32 Å². The third kappa shape index (κ3) is 5.31. The van der Waals surface area contributed by atoms with E-state index >= 15 is 0 Å². The lowest BCUT2D eigenvalue weighted by Gasteiger charge is -2.12. The van der Waals surface area contributed by atoms with Crippen molar-refractivity contribution >= 4 is 0 Å². The molecule has 0 amide bonds. The number of nitrogens with zero attached hydrogens (tertiary/aromatic N) is 1. The molecule has 1 unspecified atom stereocenters. The Morgan fingerprint density at radius 3 is 2.56 bits per heavy atom. The van der Waals surface area contributed by atoms with Crippen molar-refractivity contribution in [3.63, 3.8) is 0 Å². The van der Waals surface area contributed by atoms with E-state index in [2.05, 4.69) is 18.3 Å². The molecule has 18 heavy (non-hydrogen) atoms. The van der Waals surface area contributed by atoms with E-state index in [0.29, 0.717) is 12.1 Å². The number of aliphatic hydroxyl groups excluding tert-OH is 1. The van der Waals surface area contributed by atoms with Crippen LogP contribution in [0.2, 0.25) is 0 Å². The highest BCUT2D eigenvalue weighted by Gasteiger charge is 2.06. The van der Waals surface area contributed by atoms with Gasteiger partial charge in [0.2, 0.25) is 0 Å². The molecule has 0 spiro atoms. The molecule has 1 atom stereocenters. The maximum absolute atomic E-state index is 9.94. The van der Waals surface area contributed by atoms with Gasteiger partial charge in [-0.05, 0) is 30.7 Å². The predicted molar refractivity (Wildman–Crippen MR) is 73.1 cm³/mol. The van der Waals surface area contributed by atoms with Crippen molar-refractivity contribution in [3.05, 3.63) is 35.4 Å². The van der Waals surface area contributed by atoms with E-state index < -0.39 is 6.10 Å². The quantitative estimate of drug-likeness (QED) is 0.693. The Balaban J connectivity index is 2.23. The number of unbranched alkanes of at least 4 members (excludes halogenated alkanes) is 3. The summed E-state index contributed by atoms with van der Waals surface area (Å²) in [7, 11) is 0. The van der Waals surface area contributed by atoms with Crippen LogP contribution in [0.25, 0.3) is 0 Å². The van der Waals surface area contributed by atoms with Crippen molar-refractivity contribution in [2.45, 2.75) is 38.7 Å². The summed E-state index contributed by atoms with van der Waals surface area (Å²) in [6.07, 6.45) is 4.43. The molecule has 0 aliphatic heterocycles. The van der Waals surface area contributed by atoms with E-state index in [-0.39, 0.29) is 0 Å². The summed E-state index contributed by atoms with van der Waals surface area (Å²) >= 11 is 0. The van der Waals surface area contributed by atoms with Crippen molar-refractivity contribution in [2.24, 2.45) is 0 Å². The molecule has 0 radical (unpaired) electrons. The zero-order valence-corrected chi connectivity index (χ0v) is 11.0. The van der Waals surface area contributed by atoms with Gasteiger partial charge < -0.3 is 10.4 Å². The summed E-state index contributed by atoms with van der Waals surface area (Å²) in [5.74, 6) is 0. The van der Waals surface area contributed by atoms with Gasteiger partial charge in [-0.15, -0.1) is 0 Å². The van der Waals surface area contributed by atoms with Gasteiger partial charge in [0.1, 0.15) is 0 Å². The average molecular weight is 246 g/mol. The maximum Gasteiger partial charge on any atom is 0.0991 e. The summed E-state index contributed by atoms with van der Waals surface area (Å²) in [4.78, 5) is 0. The number of rotatable bonds is 8. The fraction of sp³-hybridized carbons (Fsp3) is 0.533. The molecule has 0 aromatic heterocycles. The second-order valence-electron chi connectivity index (χ2n) is 4.51. The molecule has 3 heteroatoms. The van der Waals surface area contributed by atoms with Gasteiger partial charge in [-0.3, -0.25) is 0 Å². The number of hydrogen-bond acceptors (Lipinski definition) is 3. The second-order valence-corrected chi connectivity index (χ2v) is 4.51. The van der Waals surface area contributed by atoms with Crippen molar-refractivity contribution in [3.8, 4) is 6.07 Å². The first-order chi connectivity index (χ1) is 8.77. The molecule has 1 aromatic carbocycles. The molecule has 3 nitrogen and oxygen atoms in total. The van der Waals surface area contributed by atoms with E-state index in [0.717, 1.165) is 18.5 Å². The molecule has 0 aliphatic rings. The molecular weight excluding hydrogens is 224 g/mol. The predicted octanol–water partition coefficient (Wildman–Crippen LogP) is 2.76. The van der Waals surface area contributed by atoms with Crippen LogP contribution >= 0.6 is 0 Å². The lowest BCUT2D eigenvalue weighted by Crippen LogP contribution is -2.22. The summed E-state index contributed by atoms with van der Waals surface area (Å²) in [6, 6.07) is 9.15. The molecule has 0 bridgehead atoms. The van der Waals surface area contributed by atoms with Crippen LogP contribution in [-0.2, 0) is 0 Å². The Kier molecular flexibility index (Phi) is 7.09. The third-order valence-corrected chi connectivity index (χ3v) is 2.97. The smallest absolute Gasteiger partial charge is 0.0991 e. The first kappa shape index (κ1) is 14.7. The largest absolute Gasteiger partial charge is 0.387 e. The van der Waals surface area contributed by atoms with E-state index in [4.69, 9.17) is 5.26 Å². The minimum absolute atomic E-state index is 0.496. The number of aliphatic hydroxyl groups is 1. The lowest BCUT2D eigenvalue weighted by atomic mass is 10.1. The van der Waals surface area contributed by atoms with E-state index in [1.807, 2.05) is 12.1 Å². The maximum atomic E-state index is 9.94. The SMILES string of the molecule is CCCCCCNCC(O)c1ccc(C#N)cc1. The topological polar surface area (TPSA) is 56.0 Å². The molecule has 1 rings (SSSR count). The minimum Gasteiger partial charge on any atom is -0.387 e. The van der Waals surface area contributed by atoms with Crippen LogP contribution in [-0.4, -0.2) is 18.2 Å². The molecule has 1 aromatic rings. The summed E-state index contributed by atoms with van der Waals surface area (Å²) in [5.41, 5.74) is 1.48. The Morgan fingerprint density at radius 2 is 1.94 bits per heavy atom. The summed E-state index contributed by atoms with van der Waals surface area (Å²) in [5, 5.41) is 21.9. The monoisotopic (exact) mass is 246 g/mol. The molecule has 98 valence electrons. The zero-order valence-electron chi connectivity index (χ0n) is 11.0. The summed E-state index contributed by atoms with van der Waals surface area (Å²) in [6.45, 7) is 3.72. The third-order valence-electron chi connectivity index (χ3n) is 2.97. The van der Waals surface area contributed by atoms with E-state index in [9.17, 15) is 5.11 Å². The molecule has 0 fully saturated rings. The van der Waals surface area contributed by atoms with E-state index in [1.165, 1.54) is 19.3 Å². The average Bonchev–Trinajstić information content (AvgIpc) is 2.42. The minimum atomic E-state index is -0.496. The van der Waals surface area contributed by atoms with Crippen molar-refractivity contribution in [1.29, 1.82) is 5.26 Å². The van der Waals surface area contributed by atoms with Gasteiger partial charge in [0.05, 0.1) is 17.7 Å². The molecular formula is C15H22N2O. The Labute approximate surface area is 109 Å². The highest BCUT2D eigenvalue weighted by molar-refractivity contribution is 5.32. The first-order valence-corrected chi connectivity index (χ1v) is 6.66. The fourth-order valence-electron chi connectivity index (χ4n) is 1.81. The number of nitrogens with one attached hydrogen (secondary N) is 1. The van der Waals surface area contributed by atoms with Crippen molar-refractivity contribution in [2.75, 3.05) is 13.1 Å². The lowest BCUT2D eigenvalue weighted by molar-refractivity contribution is 0.174. The molecule has 0 heterocycles. The van der Waals surface area contributed by atoms with Crippen LogP contribution in [0, 0.1) is 11.3 Å². The van der Waals surface area contributed by atoms with Crippen LogP contribution in [0.4, 0.5) is 0 Å². The molecule has 2 N–H and O–H groups in total. The second kappa shape index (κ2) is 8.68. The Bertz CT molecular complexity index is 367. The van der Waals surface area contributed by atoms with Crippen molar-refractivity contribution < 1.29 is 5.11 Å². The molecule has 0 saturated carbocycles. The van der Waals surface area contributed by atoms with Gasteiger partial charge in [0.15, 0.2) is 0 Å². The van der Waals surface area contributed by atoms with Gasteiger partial charge in [0, 0.05) is 6.54 Å². The highest BCUT2D eigenvalue weighted by Crippen LogP contribution is 2.12. The van der Waals surface area contributed by atoms with Crippen LogP contribution in [0.3, 0.4) is 0 Å². The van der Waals surface area contributed by atoms with Gasteiger partial charge in [-0.2, -0.15) is 5.26 Å². The normalized spacial score (nSPS) is 12.1. The van der Waals surface area contributed by atoms with Crippen LogP contribution in [0.15, 0.2) is 24.3 Å². The standard InChI is InChI=1S/C15H22N2O/c1-2-3-4-5-10-17-12-15(18)14-8-6-13(11-16)7-9-14/h6-9,15,17-18H,2-5,10,12H2,1H3. The van der Waals surface area contributed by atoms with E-state index in [1.54, 1.807) is 12.1 Å². The van der Waals surface area contributed by atoms with Crippen LogP contribution in [0.5, 0.6) is 0 Å². The Hall–Kier alpha value is -1.37. The van der Waals surface area contributed by atoms with Gasteiger partial charge in [-0.25, -0.2) is 0 Å². The van der Waals surface area contributed by atoms with Crippen LogP contribution in [0.1, 0.15) is 49.8 Å². The molecule has 0 aliphatic carbocycles. The highest BCUT2D eigenvalue weighted by atomic mass is 16.3. The zero-order chi connectivity index (χ0) is 13.2. The van der Waals surface area contributed by atoms with Crippen LogP contribution < -0.4 is 5.32 Å². The van der Waals surface area contributed by atoms with Gasteiger partial charge in [0.25, 0.3) is 0 Å². The number of nitriles is 1. The number of benzene rings is 1. The van der Waals surface area contributed by atoms with Gasteiger partial charge >= 0.3 is 0 Å². The summed E-state index contributed by atoms with van der Waals surface area (Å²) < 4.78 is 0. The fourth-order valence-corrected chi connectivity index (χ4v) is 1.81. The number of hydrogen-bond donors (Lipinski definition) is 2.